The molecule has 0 saturated heterocycles. The first-order valence-corrected chi connectivity index (χ1v) is 18.1. The van der Waals surface area contributed by atoms with Crippen LogP contribution in [0.3, 0.4) is 0 Å². The van der Waals surface area contributed by atoms with Gasteiger partial charge in [-0.25, -0.2) is 9.97 Å². The fraction of sp³-hybridized carbons (Fsp3) is 0.149. The molecule has 52 heavy (non-hydrogen) atoms. The van der Waals surface area contributed by atoms with Crippen molar-refractivity contribution in [2.75, 3.05) is 4.90 Å². The molecule has 0 spiro atoms. The summed E-state index contributed by atoms with van der Waals surface area (Å²) in [5.74, 6) is 0. The van der Waals surface area contributed by atoms with Crippen molar-refractivity contribution < 1.29 is 0 Å². The Hall–Kier alpha value is -6.20. The first kappa shape index (κ1) is 30.6. The molecule has 5 aromatic carbocycles. The van der Waals surface area contributed by atoms with E-state index in [1.165, 1.54) is 44.1 Å². The highest BCUT2D eigenvalue weighted by Gasteiger charge is 2.37. The molecular formula is C47H39N5. The minimum atomic E-state index is -0.223. The molecule has 10 rings (SSSR count). The summed E-state index contributed by atoms with van der Waals surface area (Å²) in [5.41, 5.74) is 13.6. The van der Waals surface area contributed by atoms with Gasteiger partial charge in [0, 0.05) is 62.1 Å². The van der Waals surface area contributed by atoms with Gasteiger partial charge in [0.05, 0.1) is 16.7 Å². The maximum Gasteiger partial charge on any atom is 0.145 e. The van der Waals surface area contributed by atoms with Crippen LogP contribution in [0.15, 0.2) is 146 Å². The van der Waals surface area contributed by atoms with Gasteiger partial charge in [0.2, 0.25) is 0 Å². The number of anilines is 3. The van der Waals surface area contributed by atoms with Crippen molar-refractivity contribution in [2.24, 2.45) is 0 Å². The van der Waals surface area contributed by atoms with Gasteiger partial charge in [-0.1, -0.05) is 89.2 Å². The molecule has 0 atom stereocenters. The zero-order valence-corrected chi connectivity index (χ0v) is 30.1. The molecule has 0 N–H and O–H groups in total. The SMILES string of the molecule is CC(C)(C)c1cc2c3c(c1)c1cccnc1n3-c1cc(N(c3ccccc3)c3cccc(-n4c5ccccc5c5cccnc54)c3)ccc1C2(C)C. The van der Waals surface area contributed by atoms with Crippen molar-refractivity contribution in [2.45, 2.75) is 45.4 Å². The number of rotatable bonds is 4. The lowest BCUT2D eigenvalue weighted by Crippen LogP contribution is -2.27. The Morgan fingerprint density at radius 1 is 0.538 bits per heavy atom. The second-order valence-corrected chi connectivity index (χ2v) is 15.6. The molecule has 0 unspecified atom stereocenters. The van der Waals surface area contributed by atoms with E-state index in [0.29, 0.717) is 0 Å². The molecule has 5 heteroatoms. The number of hydrogen-bond donors (Lipinski definition) is 0. The topological polar surface area (TPSA) is 38.9 Å². The lowest BCUT2D eigenvalue weighted by molar-refractivity contribution is 0.582. The number of pyridine rings is 2. The van der Waals surface area contributed by atoms with Gasteiger partial charge in [-0.3, -0.25) is 9.13 Å². The van der Waals surface area contributed by atoms with Crippen LogP contribution in [0, 0.1) is 0 Å². The highest BCUT2D eigenvalue weighted by molar-refractivity contribution is 6.11. The van der Waals surface area contributed by atoms with Crippen LogP contribution < -0.4 is 4.90 Å². The van der Waals surface area contributed by atoms with E-state index < -0.39 is 0 Å². The number of nitrogens with zero attached hydrogens (tertiary/aromatic N) is 5. The molecule has 0 bridgehead atoms. The van der Waals surface area contributed by atoms with Crippen LogP contribution in [0.4, 0.5) is 17.1 Å². The average molecular weight is 674 g/mol. The van der Waals surface area contributed by atoms with Gasteiger partial charge in [-0.2, -0.15) is 0 Å². The summed E-state index contributed by atoms with van der Waals surface area (Å²) in [6.07, 6.45) is 3.80. The minimum Gasteiger partial charge on any atom is -0.310 e. The van der Waals surface area contributed by atoms with Gasteiger partial charge in [0.15, 0.2) is 0 Å². The molecule has 5 nitrogen and oxygen atoms in total. The largest absolute Gasteiger partial charge is 0.310 e. The molecule has 0 amide bonds. The monoisotopic (exact) mass is 673 g/mol. The van der Waals surface area contributed by atoms with Crippen LogP contribution in [0.25, 0.3) is 55.2 Å². The molecule has 0 saturated carbocycles. The highest BCUT2D eigenvalue weighted by atomic mass is 15.2. The summed E-state index contributed by atoms with van der Waals surface area (Å²) < 4.78 is 4.70. The Bertz CT molecular complexity index is 2810. The van der Waals surface area contributed by atoms with E-state index in [1.54, 1.807) is 0 Å². The third-order valence-electron chi connectivity index (χ3n) is 11.1. The maximum absolute atomic E-state index is 5.02. The van der Waals surface area contributed by atoms with E-state index in [0.717, 1.165) is 44.9 Å². The molecular weight excluding hydrogens is 635 g/mol. The fourth-order valence-electron chi connectivity index (χ4n) is 8.49. The minimum absolute atomic E-state index is 0.0154. The summed E-state index contributed by atoms with van der Waals surface area (Å²) in [4.78, 5) is 12.3. The Morgan fingerprint density at radius 3 is 1.96 bits per heavy atom. The van der Waals surface area contributed by atoms with Crippen LogP contribution in [-0.4, -0.2) is 19.1 Å². The number of aromatic nitrogens is 4. The van der Waals surface area contributed by atoms with Crippen molar-refractivity contribution in [3.63, 3.8) is 0 Å². The second kappa shape index (κ2) is 10.9. The van der Waals surface area contributed by atoms with E-state index >= 15 is 0 Å². The van der Waals surface area contributed by atoms with Crippen LogP contribution in [0.1, 0.15) is 51.3 Å². The van der Waals surface area contributed by atoms with Crippen LogP contribution in [0.5, 0.6) is 0 Å². The van der Waals surface area contributed by atoms with Crippen molar-refractivity contribution in [1.29, 1.82) is 0 Å². The lowest BCUT2D eigenvalue weighted by atomic mass is 9.72. The average Bonchev–Trinajstić information content (AvgIpc) is 3.68. The third kappa shape index (κ3) is 4.35. The van der Waals surface area contributed by atoms with E-state index in [1.807, 2.05) is 18.5 Å². The van der Waals surface area contributed by atoms with Crippen molar-refractivity contribution in [1.82, 2.24) is 19.1 Å². The van der Waals surface area contributed by atoms with Crippen LogP contribution >= 0.6 is 0 Å². The Balaban J connectivity index is 1.22. The Kier molecular flexibility index (Phi) is 6.42. The maximum atomic E-state index is 5.02. The first-order chi connectivity index (χ1) is 25.2. The predicted octanol–water partition coefficient (Wildman–Crippen LogP) is 12.1. The predicted molar refractivity (Wildman–Crippen MR) is 216 cm³/mol. The van der Waals surface area contributed by atoms with Gasteiger partial charge >= 0.3 is 0 Å². The van der Waals surface area contributed by atoms with E-state index in [-0.39, 0.29) is 10.8 Å². The molecule has 1 aliphatic heterocycles. The number of fused-ring (bicyclic) bond motifs is 8. The van der Waals surface area contributed by atoms with Gasteiger partial charge in [-0.15, -0.1) is 0 Å². The summed E-state index contributed by atoms with van der Waals surface area (Å²) in [7, 11) is 0. The van der Waals surface area contributed by atoms with E-state index in [4.69, 9.17) is 9.97 Å². The summed E-state index contributed by atoms with van der Waals surface area (Å²) in [6.45, 7) is 11.7. The molecule has 9 aromatic rings. The lowest BCUT2D eigenvalue weighted by Gasteiger charge is -2.37. The van der Waals surface area contributed by atoms with Gasteiger partial charge < -0.3 is 4.90 Å². The smallest absolute Gasteiger partial charge is 0.145 e. The zero-order chi connectivity index (χ0) is 35.4. The van der Waals surface area contributed by atoms with Gasteiger partial charge in [0.25, 0.3) is 0 Å². The summed E-state index contributed by atoms with van der Waals surface area (Å²) >= 11 is 0. The molecule has 0 fully saturated rings. The fourth-order valence-corrected chi connectivity index (χ4v) is 8.49. The van der Waals surface area contributed by atoms with Gasteiger partial charge in [-0.05, 0) is 101 Å². The molecule has 252 valence electrons. The third-order valence-corrected chi connectivity index (χ3v) is 11.1. The Labute approximate surface area is 303 Å². The van der Waals surface area contributed by atoms with Crippen LogP contribution in [0.2, 0.25) is 0 Å². The Morgan fingerprint density at radius 2 is 1.19 bits per heavy atom. The molecule has 5 heterocycles. The number of para-hydroxylation sites is 2. The quantitative estimate of drug-likeness (QED) is 0.187. The number of hydrogen-bond acceptors (Lipinski definition) is 3. The van der Waals surface area contributed by atoms with E-state index in [2.05, 4.69) is 176 Å². The molecule has 0 aliphatic carbocycles. The normalized spacial score (nSPS) is 13.6. The highest BCUT2D eigenvalue weighted by Crippen LogP contribution is 2.50. The summed E-state index contributed by atoms with van der Waals surface area (Å²) in [5, 5.41) is 4.80. The van der Waals surface area contributed by atoms with E-state index in [9.17, 15) is 0 Å². The second-order valence-electron chi connectivity index (χ2n) is 15.6. The molecule has 0 radical (unpaired) electrons. The van der Waals surface area contributed by atoms with Crippen LogP contribution in [-0.2, 0) is 10.8 Å². The van der Waals surface area contributed by atoms with Crippen molar-refractivity contribution in [3.05, 3.63) is 163 Å². The standard InChI is InChI=1S/C47H39N5/c1-46(2,3)30-26-38-37-20-13-25-49-45(37)52-42-29-34(22-23-39(42)47(4,5)40(27-30)43(38)52)50(31-14-7-6-8-15-31)32-16-11-17-33(28-32)51-41-21-10-9-18-35(41)36-19-12-24-48-44(36)51/h6-29H,1-5H3. The molecule has 1 aliphatic rings. The van der Waals surface area contributed by atoms with Crippen molar-refractivity contribution in [3.8, 4) is 11.4 Å². The van der Waals surface area contributed by atoms with Gasteiger partial charge in [0.1, 0.15) is 11.3 Å². The van der Waals surface area contributed by atoms with Crippen molar-refractivity contribution >= 4 is 60.9 Å². The molecule has 4 aromatic heterocycles. The summed E-state index contributed by atoms with van der Waals surface area (Å²) in [6, 6.07) is 48.4. The first-order valence-electron chi connectivity index (χ1n) is 18.1. The number of benzene rings is 5. The zero-order valence-electron chi connectivity index (χ0n) is 30.1.